The van der Waals surface area contributed by atoms with Crippen LogP contribution in [0.15, 0.2) is 24.3 Å². The molecule has 13 nitrogen and oxygen atoms in total. The van der Waals surface area contributed by atoms with Crippen LogP contribution in [0.3, 0.4) is 0 Å². The van der Waals surface area contributed by atoms with Crippen molar-refractivity contribution in [2.75, 3.05) is 6.61 Å². The van der Waals surface area contributed by atoms with E-state index in [0.29, 0.717) is 0 Å². The number of aliphatic hydroxyl groups excluding tert-OH is 6. The summed E-state index contributed by atoms with van der Waals surface area (Å²) in [7, 11) is 0. The molecule has 34 heavy (non-hydrogen) atoms. The first-order valence-corrected chi connectivity index (χ1v) is 10.2. The Hall–Kier alpha value is -2.62. The van der Waals surface area contributed by atoms with E-state index in [1.165, 1.54) is 25.1 Å². The number of phenols is 2. The lowest BCUT2D eigenvalue weighted by molar-refractivity contribution is -0.319. The van der Waals surface area contributed by atoms with Crippen LogP contribution in [-0.2, 0) is 23.8 Å². The van der Waals surface area contributed by atoms with Gasteiger partial charge in [0.2, 0.25) is 0 Å². The van der Waals surface area contributed by atoms with Gasteiger partial charge in [-0.25, -0.2) is 4.79 Å². The van der Waals surface area contributed by atoms with Crippen LogP contribution in [0, 0.1) is 0 Å². The van der Waals surface area contributed by atoms with Crippen molar-refractivity contribution in [3.8, 4) is 11.5 Å². The van der Waals surface area contributed by atoms with Crippen LogP contribution in [-0.4, -0.2) is 115 Å². The molecule has 1 aliphatic rings. The Morgan fingerprint density at radius 2 is 1.76 bits per heavy atom. The van der Waals surface area contributed by atoms with E-state index < -0.39 is 73.4 Å². The maximum absolute atomic E-state index is 12.3. The zero-order valence-corrected chi connectivity index (χ0v) is 18.0. The lowest BCUT2D eigenvalue weighted by atomic mass is 9.99. The van der Waals surface area contributed by atoms with E-state index in [1.54, 1.807) is 0 Å². The van der Waals surface area contributed by atoms with E-state index in [1.807, 2.05) is 0 Å². The molecule has 13 heteroatoms. The molecule has 0 bridgehead atoms. The Balaban J connectivity index is 2.23. The quantitative estimate of drug-likeness (QED) is 0.0719. The third-order valence-corrected chi connectivity index (χ3v) is 5.13. The molecular formula is C21H28O13. The highest BCUT2D eigenvalue weighted by molar-refractivity contribution is 5.87. The lowest BCUT2D eigenvalue weighted by Gasteiger charge is -2.41. The van der Waals surface area contributed by atoms with Gasteiger partial charge in [-0.3, -0.25) is 0 Å². The van der Waals surface area contributed by atoms with Crippen LogP contribution in [0.2, 0.25) is 0 Å². The van der Waals surface area contributed by atoms with Gasteiger partial charge in [-0.2, -0.15) is 0 Å². The molecule has 9 atom stereocenters. The molecule has 0 unspecified atom stereocenters. The van der Waals surface area contributed by atoms with Gasteiger partial charge < -0.3 is 59.9 Å². The van der Waals surface area contributed by atoms with E-state index >= 15 is 0 Å². The van der Waals surface area contributed by atoms with Crippen LogP contribution < -0.4 is 0 Å². The van der Waals surface area contributed by atoms with Crippen molar-refractivity contribution in [3.63, 3.8) is 0 Å². The van der Waals surface area contributed by atoms with Crippen LogP contribution >= 0.6 is 0 Å². The number of carbonyl (C=O) groups is 2. The Kier molecular flexibility index (Phi) is 9.90. The zero-order valence-electron chi connectivity index (χ0n) is 18.0. The van der Waals surface area contributed by atoms with Crippen molar-refractivity contribution in [3.05, 3.63) is 29.8 Å². The first-order chi connectivity index (χ1) is 16.0. The molecule has 0 amide bonds. The van der Waals surface area contributed by atoms with Crippen LogP contribution in [0.4, 0.5) is 0 Å². The van der Waals surface area contributed by atoms with E-state index in [0.717, 1.165) is 12.1 Å². The molecule has 1 aromatic rings. The highest BCUT2D eigenvalue weighted by Gasteiger charge is 2.46. The van der Waals surface area contributed by atoms with Crippen molar-refractivity contribution in [1.29, 1.82) is 0 Å². The smallest absolute Gasteiger partial charge is 0.331 e. The number of benzene rings is 1. The Morgan fingerprint density at radius 1 is 1.09 bits per heavy atom. The molecule has 1 aliphatic heterocycles. The van der Waals surface area contributed by atoms with Gasteiger partial charge in [-0.1, -0.05) is 6.07 Å². The monoisotopic (exact) mass is 488 g/mol. The first-order valence-electron chi connectivity index (χ1n) is 10.2. The highest BCUT2D eigenvalue weighted by Crippen LogP contribution is 2.27. The third kappa shape index (κ3) is 6.71. The van der Waals surface area contributed by atoms with E-state index in [2.05, 4.69) is 0 Å². The van der Waals surface area contributed by atoms with Crippen LogP contribution in [0.5, 0.6) is 11.5 Å². The molecule has 190 valence electrons. The van der Waals surface area contributed by atoms with Gasteiger partial charge in [-0.05, 0) is 30.7 Å². The van der Waals surface area contributed by atoms with Gasteiger partial charge in [0.25, 0.3) is 0 Å². The maximum atomic E-state index is 12.3. The van der Waals surface area contributed by atoms with E-state index in [4.69, 9.17) is 14.2 Å². The molecule has 8 N–H and O–H groups in total. The van der Waals surface area contributed by atoms with Gasteiger partial charge in [0, 0.05) is 6.08 Å². The average molecular weight is 488 g/mol. The normalized spacial score (nSPS) is 28.7. The predicted molar refractivity (Wildman–Crippen MR) is 111 cm³/mol. The summed E-state index contributed by atoms with van der Waals surface area (Å²) >= 11 is 0. The van der Waals surface area contributed by atoms with Gasteiger partial charge in [-0.15, -0.1) is 0 Å². The van der Waals surface area contributed by atoms with Crippen molar-refractivity contribution < 1.29 is 64.7 Å². The first kappa shape index (κ1) is 27.6. The summed E-state index contributed by atoms with van der Waals surface area (Å²) in [4.78, 5) is 23.6. The minimum atomic E-state index is -2.04. The van der Waals surface area contributed by atoms with Crippen molar-refractivity contribution >= 4 is 18.3 Å². The largest absolute Gasteiger partial charge is 0.504 e. The fourth-order valence-corrected chi connectivity index (χ4v) is 3.16. The number of phenolic OH excluding ortho intramolecular Hbond substituents is 2. The average Bonchev–Trinajstić information content (AvgIpc) is 2.82. The molecular weight excluding hydrogens is 460 g/mol. The number of ether oxygens (including phenoxy) is 3. The SMILES string of the molecule is C[C@@H]1O[C@@H](O[C@H]([C@H](OC(=O)/C=C/c2ccc(O)c(O)c2)[C@H](O)CO)[C@@H](O)C=O)[C@H](O)[C@H](O)[C@H]1O. The summed E-state index contributed by atoms with van der Waals surface area (Å²) in [6.07, 6.45) is -13.3. The van der Waals surface area contributed by atoms with Gasteiger partial charge >= 0.3 is 5.97 Å². The summed E-state index contributed by atoms with van der Waals surface area (Å²) in [6.45, 7) is 0.373. The summed E-state index contributed by atoms with van der Waals surface area (Å²) in [5.74, 6) is -1.95. The number of carbonyl (C=O) groups excluding carboxylic acids is 2. The number of aromatic hydroxyl groups is 2. The van der Waals surface area contributed by atoms with Crippen molar-refractivity contribution in [1.82, 2.24) is 0 Å². The second kappa shape index (κ2) is 12.2. The van der Waals surface area contributed by atoms with Crippen LogP contribution in [0.1, 0.15) is 12.5 Å². The summed E-state index contributed by atoms with van der Waals surface area (Å²) in [6, 6.07) is 3.68. The third-order valence-electron chi connectivity index (χ3n) is 5.13. The molecule has 1 saturated heterocycles. The standard InChI is InChI=1S/C21H28O13/c1-9-16(29)17(30)18(31)21(32-9)34-20(14(27)8-23)19(13(26)7-22)33-15(28)5-3-10-2-4-11(24)12(25)6-10/h2-6,8-9,13-14,16-22,24-27,29-31H,7H2,1H3/b5-3+/t9-,13+,14-,16-,17+,18+,19+,20-,21-/m0/s1. The number of hydrogen-bond donors (Lipinski definition) is 8. The number of esters is 1. The van der Waals surface area contributed by atoms with E-state index in [-0.39, 0.29) is 17.6 Å². The molecule has 2 rings (SSSR count). The molecule has 1 heterocycles. The second-order valence-corrected chi connectivity index (χ2v) is 7.64. The summed E-state index contributed by atoms with van der Waals surface area (Å²) < 4.78 is 15.7. The fraction of sp³-hybridized carbons (Fsp3) is 0.524. The van der Waals surface area contributed by atoms with Crippen molar-refractivity contribution in [2.45, 2.75) is 62.0 Å². The van der Waals surface area contributed by atoms with Crippen LogP contribution in [0.25, 0.3) is 6.08 Å². The van der Waals surface area contributed by atoms with Gasteiger partial charge in [0.1, 0.15) is 36.6 Å². The van der Waals surface area contributed by atoms with E-state index in [9.17, 15) is 50.4 Å². The number of hydrogen-bond acceptors (Lipinski definition) is 13. The lowest BCUT2D eigenvalue weighted by Crippen LogP contribution is -2.60. The fourth-order valence-electron chi connectivity index (χ4n) is 3.16. The predicted octanol–water partition coefficient (Wildman–Crippen LogP) is -2.85. The molecule has 0 aromatic heterocycles. The Morgan fingerprint density at radius 3 is 2.35 bits per heavy atom. The highest BCUT2D eigenvalue weighted by atomic mass is 16.7. The molecule has 0 spiro atoms. The molecule has 1 aromatic carbocycles. The second-order valence-electron chi connectivity index (χ2n) is 7.64. The molecule has 1 fully saturated rings. The minimum Gasteiger partial charge on any atom is -0.504 e. The zero-order chi connectivity index (χ0) is 25.6. The Bertz CT molecular complexity index is 859. The Labute approximate surface area is 193 Å². The van der Waals surface area contributed by atoms with Gasteiger partial charge in [0.05, 0.1) is 12.7 Å². The number of aliphatic hydroxyl groups is 6. The van der Waals surface area contributed by atoms with Crippen molar-refractivity contribution in [2.24, 2.45) is 0 Å². The topological polar surface area (TPSA) is 224 Å². The number of rotatable bonds is 10. The molecule has 0 radical (unpaired) electrons. The van der Waals surface area contributed by atoms with Gasteiger partial charge in [0.15, 0.2) is 30.2 Å². The minimum absolute atomic E-state index is 0.00539. The summed E-state index contributed by atoms with van der Waals surface area (Å²) in [5.41, 5.74) is 0.285. The molecule has 0 aliphatic carbocycles. The summed E-state index contributed by atoms with van der Waals surface area (Å²) in [5, 5.41) is 78.3. The maximum Gasteiger partial charge on any atom is 0.331 e. The number of aldehydes is 1. The molecule has 0 saturated carbocycles.